The van der Waals surface area contributed by atoms with E-state index in [4.69, 9.17) is 0 Å². The van der Waals surface area contributed by atoms with Crippen molar-refractivity contribution in [3.05, 3.63) is 268 Å². The molecule has 2 aliphatic carbocycles. The lowest BCUT2D eigenvalue weighted by Gasteiger charge is -2.53. The summed E-state index contributed by atoms with van der Waals surface area (Å²) in [7, 11) is 0. The Morgan fingerprint density at radius 2 is 0.887 bits per heavy atom. The molecule has 4 aliphatic rings. The van der Waals surface area contributed by atoms with Crippen LogP contribution >= 0.6 is 0 Å². The molecule has 62 heavy (non-hydrogen) atoms. The molecule has 1 atom stereocenters. The van der Waals surface area contributed by atoms with Gasteiger partial charge in [0.15, 0.2) is 0 Å². The van der Waals surface area contributed by atoms with Crippen molar-refractivity contribution in [2.45, 2.75) is 24.8 Å². The lowest BCUT2D eigenvalue weighted by Crippen LogP contribution is -2.57. The van der Waals surface area contributed by atoms with E-state index in [2.05, 4.69) is 228 Å². The predicted molar refractivity (Wildman–Crippen MR) is 258 cm³/mol. The summed E-state index contributed by atoms with van der Waals surface area (Å²) >= 11 is 0. The fraction of sp³-hybridized carbons (Fsp3) is 0.0667. The van der Waals surface area contributed by atoms with Gasteiger partial charge in [-0.15, -0.1) is 0 Å². The first-order valence-electron chi connectivity index (χ1n) is 21.9. The SMILES string of the molecule is C1=CCC2(N3c4ccccc4Cc4ccccc43)C(=C1)C(c1ccc3ccccc3c1)=c1c(N3c4ccccc4Cc4ccccc43)cccc1=C2c1ccc2ccccc2c1. The first-order valence-corrected chi connectivity index (χ1v) is 21.9. The molecule has 2 heterocycles. The van der Waals surface area contributed by atoms with Crippen LogP contribution in [0.4, 0.5) is 28.4 Å². The van der Waals surface area contributed by atoms with Crippen LogP contribution in [0.25, 0.3) is 32.7 Å². The molecule has 0 aromatic heterocycles. The summed E-state index contributed by atoms with van der Waals surface area (Å²) in [6.45, 7) is 0. The summed E-state index contributed by atoms with van der Waals surface area (Å²) in [5.41, 5.74) is 17.3. The van der Waals surface area contributed by atoms with E-state index in [1.54, 1.807) is 0 Å². The van der Waals surface area contributed by atoms with Crippen LogP contribution in [0.3, 0.4) is 0 Å². The molecule has 0 N–H and O–H groups in total. The van der Waals surface area contributed by atoms with Gasteiger partial charge in [0.2, 0.25) is 0 Å². The number of nitrogens with zero attached hydrogens (tertiary/aromatic N) is 2. The number of fused-ring (bicyclic) bond motifs is 8. The molecule has 2 heteroatoms. The maximum absolute atomic E-state index is 2.74. The molecule has 0 saturated carbocycles. The van der Waals surface area contributed by atoms with E-state index in [1.807, 2.05) is 0 Å². The molecule has 2 aliphatic heterocycles. The highest BCUT2D eigenvalue weighted by Gasteiger charge is 2.51. The van der Waals surface area contributed by atoms with Gasteiger partial charge in [-0.1, -0.05) is 176 Å². The fourth-order valence-corrected chi connectivity index (χ4v) is 11.3. The second kappa shape index (κ2) is 13.7. The molecule has 2 nitrogen and oxygen atoms in total. The summed E-state index contributed by atoms with van der Waals surface area (Å²) in [5, 5.41) is 7.48. The number of para-hydroxylation sites is 4. The second-order valence-corrected chi connectivity index (χ2v) is 17.2. The van der Waals surface area contributed by atoms with Crippen molar-refractivity contribution in [1.29, 1.82) is 0 Å². The summed E-state index contributed by atoms with van der Waals surface area (Å²) in [6.07, 6.45) is 9.77. The van der Waals surface area contributed by atoms with Crippen molar-refractivity contribution < 1.29 is 0 Å². The van der Waals surface area contributed by atoms with Gasteiger partial charge in [0.1, 0.15) is 5.54 Å². The molecular weight excluding hydrogens is 749 g/mol. The van der Waals surface area contributed by atoms with Gasteiger partial charge in [0.25, 0.3) is 0 Å². The van der Waals surface area contributed by atoms with E-state index in [9.17, 15) is 0 Å². The van der Waals surface area contributed by atoms with Crippen LogP contribution in [0.2, 0.25) is 0 Å². The lowest BCUT2D eigenvalue weighted by molar-refractivity contribution is 0.617. The van der Waals surface area contributed by atoms with Gasteiger partial charge in [-0.25, -0.2) is 0 Å². The third-order valence-electron chi connectivity index (χ3n) is 13.9. The summed E-state index contributed by atoms with van der Waals surface area (Å²) < 4.78 is 0. The van der Waals surface area contributed by atoms with Crippen LogP contribution in [0.15, 0.2) is 224 Å². The topological polar surface area (TPSA) is 6.48 Å². The zero-order valence-electron chi connectivity index (χ0n) is 34.3. The average Bonchev–Trinajstić information content (AvgIpc) is 3.33. The minimum Gasteiger partial charge on any atom is -0.326 e. The predicted octanol–water partition coefficient (Wildman–Crippen LogP) is 13.1. The van der Waals surface area contributed by atoms with Crippen LogP contribution in [-0.2, 0) is 12.8 Å². The monoisotopic (exact) mass is 790 g/mol. The highest BCUT2D eigenvalue weighted by molar-refractivity contribution is 6.03. The van der Waals surface area contributed by atoms with Crippen molar-refractivity contribution in [2.24, 2.45) is 0 Å². The van der Waals surface area contributed by atoms with E-state index in [1.165, 1.54) is 111 Å². The Bertz CT molecular complexity index is 3440. The molecule has 9 aromatic carbocycles. The maximum Gasteiger partial charge on any atom is 0.101 e. The van der Waals surface area contributed by atoms with Gasteiger partial charge in [0.05, 0.1) is 5.69 Å². The summed E-state index contributed by atoms with van der Waals surface area (Å²) in [6, 6.07) is 75.3. The van der Waals surface area contributed by atoms with E-state index >= 15 is 0 Å². The van der Waals surface area contributed by atoms with Crippen molar-refractivity contribution in [2.75, 3.05) is 9.80 Å². The second-order valence-electron chi connectivity index (χ2n) is 17.2. The quantitative estimate of drug-likeness (QED) is 0.175. The Morgan fingerprint density at radius 3 is 1.50 bits per heavy atom. The van der Waals surface area contributed by atoms with Crippen LogP contribution in [0.5, 0.6) is 0 Å². The molecule has 0 bridgehead atoms. The summed E-state index contributed by atoms with van der Waals surface area (Å²) in [4.78, 5) is 5.30. The van der Waals surface area contributed by atoms with E-state index < -0.39 is 5.54 Å². The molecule has 292 valence electrons. The molecule has 0 amide bonds. The van der Waals surface area contributed by atoms with Crippen LogP contribution in [0, 0.1) is 0 Å². The van der Waals surface area contributed by atoms with Crippen LogP contribution < -0.4 is 20.2 Å². The van der Waals surface area contributed by atoms with E-state index in [-0.39, 0.29) is 0 Å². The molecule has 0 saturated heterocycles. The Hall–Kier alpha value is -7.68. The van der Waals surface area contributed by atoms with Crippen molar-refractivity contribution in [1.82, 2.24) is 0 Å². The highest BCUT2D eigenvalue weighted by Crippen LogP contribution is 2.56. The smallest absolute Gasteiger partial charge is 0.101 e. The average molecular weight is 791 g/mol. The van der Waals surface area contributed by atoms with Gasteiger partial charge in [-0.05, 0) is 126 Å². The third-order valence-corrected chi connectivity index (χ3v) is 13.9. The number of benzene rings is 9. The van der Waals surface area contributed by atoms with Crippen LogP contribution in [-0.4, -0.2) is 5.54 Å². The number of rotatable bonds is 4. The molecule has 9 aromatic rings. The zero-order valence-corrected chi connectivity index (χ0v) is 34.3. The third kappa shape index (κ3) is 5.10. The number of allylic oxidation sites excluding steroid dienone is 2. The minimum absolute atomic E-state index is 0.631. The van der Waals surface area contributed by atoms with Gasteiger partial charge in [-0.3, -0.25) is 0 Å². The minimum atomic E-state index is -0.631. The number of anilines is 5. The largest absolute Gasteiger partial charge is 0.326 e. The zero-order chi connectivity index (χ0) is 40.8. The van der Waals surface area contributed by atoms with Crippen molar-refractivity contribution >= 4 is 61.1 Å². The molecule has 0 spiro atoms. The van der Waals surface area contributed by atoms with Crippen LogP contribution in [0.1, 0.15) is 39.8 Å². The molecule has 0 radical (unpaired) electrons. The molecule has 13 rings (SSSR count). The number of hydrogen-bond donors (Lipinski definition) is 0. The van der Waals surface area contributed by atoms with Gasteiger partial charge >= 0.3 is 0 Å². The van der Waals surface area contributed by atoms with Crippen molar-refractivity contribution in [3.8, 4) is 0 Å². The Morgan fingerprint density at radius 1 is 0.403 bits per heavy atom. The first-order chi connectivity index (χ1) is 30.7. The number of hydrogen-bond acceptors (Lipinski definition) is 2. The highest BCUT2D eigenvalue weighted by atomic mass is 15.2. The Kier molecular flexibility index (Phi) is 7.74. The normalized spacial score (nSPS) is 17.1. The maximum atomic E-state index is 2.74. The van der Waals surface area contributed by atoms with Gasteiger partial charge < -0.3 is 9.80 Å². The van der Waals surface area contributed by atoms with Gasteiger partial charge in [0, 0.05) is 40.8 Å². The lowest BCUT2D eigenvalue weighted by atomic mass is 9.64. The standard InChI is InChI=1S/C60H42N2/c1-3-18-42-36-48(33-31-40(42)16-1)57-51-25-13-14-35-60(51,62-54-28-11-7-22-46(54)39-47-23-8-12-29-55(47)62)59(49-34-32-41-17-2-4-19-43(41)37-49)50-24-15-30-56(58(50)57)61-52-26-9-5-20-44(52)38-45-21-6-10-27-53(45)61/h1-34,36-37H,35,38-39H2. The van der Waals surface area contributed by atoms with E-state index in [0.29, 0.717) is 0 Å². The Balaban J connectivity index is 1.26. The fourth-order valence-electron chi connectivity index (χ4n) is 11.3. The molecule has 1 unspecified atom stereocenters. The summed E-state index contributed by atoms with van der Waals surface area (Å²) in [5.74, 6) is 0. The van der Waals surface area contributed by atoms with E-state index in [0.717, 1.165) is 19.3 Å². The van der Waals surface area contributed by atoms with Crippen molar-refractivity contribution in [3.63, 3.8) is 0 Å². The Labute approximate surface area is 362 Å². The molecular formula is C60H42N2. The van der Waals surface area contributed by atoms with Gasteiger partial charge in [-0.2, -0.15) is 0 Å². The molecule has 0 fully saturated rings. The first kappa shape index (κ1) is 35.1.